The van der Waals surface area contributed by atoms with Crippen LogP contribution in [-0.4, -0.2) is 40.5 Å². The van der Waals surface area contributed by atoms with Crippen LogP contribution in [0.25, 0.3) is 11.3 Å². The lowest BCUT2D eigenvalue weighted by atomic mass is 10.4. The molecule has 3 aromatic rings. The predicted octanol–water partition coefficient (Wildman–Crippen LogP) is 2.40. The van der Waals surface area contributed by atoms with Gasteiger partial charge in [-0.3, -0.25) is 0 Å². The van der Waals surface area contributed by atoms with E-state index < -0.39 is 0 Å². The lowest BCUT2D eigenvalue weighted by molar-refractivity contribution is 0.210. The summed E-state index contributed by atoms with van der Waals surface area (Å²) in [6.45, 7) is 1.74. The van der Waals surface area contributed by atoms with E-state index in [1.165, 1.54) is 11.3 Å². The Balaban J connectivity index is 1.79. The van der Waals surface area contributed by atoms with Crippen molar-refractivity contribution in [3.8, 4) is 0 Å². The number of rotatable bonds is 7. The largest absolute Gasteiger partial charge is 0.383 e. The second-order valence-electron chi connectivity index (χ2n) is 4.31. The first-order valence-corrected chi connectivity index (χ1v) is 7.67. The number of aromatic nitrogens is 4. The van der Waals surface area contributed by atoms with Crippen LogP contribution in [0.15, 0.2) is 16.8 Å². The SMILES string of the molecule is COCCNc1nc2nonc2nc1NCc1ccc(Cl)s1. The summed E-state index contributed by atoms with van der Waals surface area (Å²) in [4.78, 5) is 9.80. The second-order valence-corrected chi connectivity index (χ2v) is 6.11. The predicted molar refractivity (Wildman–Crippen MR) is 84.4 cm³/mol. The van der Waals surface area contributed by atoms with Crippen molar-refractivity contribution in [2.45, 2.75) is 6.54 Å². The Morgan fingerprint density at radius 3 is 2.55 bits per heavy atom. The number of nitrogens with one attached hydrogen (secondary N) is 2. The molecular weight excluding hydrogens is 328 g/mol. The zero-order chi connectivity index (χ0) is 15.4. The van der Waals surface area contributed by atoms with Gasteiger partial charge in [0.05, 0.1) is 17.5 Å². The van der Waals surface area contributed by atoms with Crippen molar-refractivity contribution in [3.63, 3.8) is 0 Å². The molecule has 0 saturated carbocycles. The Labute approximate surface area is 134 Å². The van der Waals surface area contributed by atoms with Gasteiger partial charge in [0, 0.05) is 18.5 Å². The lowest BCUT2D eigenvalue weighted by Crippen LogP contribution is -2.12. The summed E-state index contributed by atoms with van der Waals surface area (Å²) in [5.74, 6) is 1.15. The standard InChI is InChI=1S/C12H13ClN6O2S/c1-20-5-4-14-9-10(15-6-7-2-3-8(13)22-7)17-12-11(16-9)18-21-19-12/h2-3H,4-6H2,1H3,(H,14,16,18)(H,15,17,19). The van der Waals surface area contributed by atoms with E-state index in [1.54, 1.807) is 7.11 Å². The molecule has 0 saturated heterocycles. The molecule has 0 atom stereocenters. The third-order valence-corrected chi connectivity index (χ3v) is 4.00. The van der Waals surface area contributed by atoms with E-state index in [4.69, 9.17) is 16.3 Å². The molecule has 0 unspecified atom stereocenters. The minimum Gasteiger partial charge on any atom is -0.383 e. The van der Waals surface area contributed by atoms with Gasteiger partial charge < -0.3 is 15.4 Å². The first-order valence-electron chi connectivity index (χ1n) is 6.47. The van der Waals surface area contributed by atoms with Gasteiger partial charge in [0.1, 0.15) is 0 Å². The number of ether oxygens (including phenoxy) is 1. The molecule has 0 radical (unpaired) electrons. The van der Waals surface area contributed by atoms with Crippen LogP contribution in [0.2, 0.25) is 4.34 Å². The van der Waals surface area contributed by atoms with E-state index >= 15 is 0 Å². The number of halogens is 1. The minimum absolute atomic E-state index is 0.351. The van der Waals surface area contributed by atoms with Gasteiger partial charge in [-0.05, 0) is 22.4 Å². The highest BCUT2D eigenvalue weighted by atomic mass is 35.5. The molecule has 0 aromatic carbocycles. The average molecular weight is 341 g/mol. The Bertz CT molecular complexity index is 761. The summed E-state index contributed by atoms with van der Waals surface area (Å²) >= 11 is 7.43. The van der Waals surface area contributed by atoms with Crippen molar-refractivity contribution in [2.24, 2.45) is 0 Å². The molecule has 0 fully saturated rings. The number of anilines is 2. The van der Waals surface area contributed by atoms with Crippen molar-refractivity contribution in [1.29, 1.82) is 0 Å². The molecule has 0 amide bonds. The first kappa shape index (κ1) is 14.9. The number of hydrogen-bond acceptors (Lipinski definition) is 9. The van der Waals surface area contributed by atoms with Crippen molar-refractivity contribution in [2.75, 3.05) is 30.9 Å². The number of methoxy groups -OCH3 is 1. The molecule has 2 N–H and O–H groups in total. The Kier molecular flexibility index (Phi) is 4.66. The van der Waals surface area contributed by atoms with Gasteiger partial charge in [0.2, 0.25) is 11.3 Å². The fourth-order valence-electron chi connectivity index (χ4n) is 1.77. The summed E-state index contributed by atoms with van der Waals surface area (Å²) in [6, 6.07) is 3.82. The molecule has 0 aliphatic carbocycles. The van der Waals surface area contributed by atoms with Gasteiger partial charge in [-0.1, -0.05) is 11.6 Å². The zero-order valence-electron chi connectivity index (χ0n) is 11.7. The van der Waals surface area contributed by atoms with Gasteiger partial charge in [0.25, 0.3) is 0 Å². The summed E-state index contributed by atoms with van der Waals surface area (Å²) in [5, 5.41) is 13.8. The van der Waals surface area contributed by atoms with Gasteiger partial charge >= 0.3 is 0 Å². The molecule has 3 aromatic heterocycles. The number of nitrogens with zero attached hydrogens (tertiary/aromatic N) is 4. The van der Waals surface area contributed by atoms with Crippen LogP contribution in [0.3, 0.4) is 0 Å². The molecule has 3 heterocycles. The van der Waals surface area contributed by atoms with Crippen LogP contribution in [0.4, 0.5) is 11.6 Å². The monoisotopic (exact) mass is 340 g/mol. The minimum atomic E-state index is 0.351. The average Bonchev–Trinajstić information content (AvgIpc) is 3.13. The van der Waals surface area contributed by atoms with Crippen LogP contribution in [-0.2, 0) is 11.3 Å². The van der Waals surface area contributed by atoms with Crippen LogP contribution < -0.4 is 10.6 Å². The highest BCUT2D eigenvalue weighted by Crippen LogP contribution is 2.24. The molecule has 0 aliphatic heterocycles. The smallest absolute Gasteiger partial charge is 0.245 e. The number of thiophene rings is 1. The van der Waals surface area contributed by atoms with Crippen molar-refractivity contribution in [3.05, 3.63) is 21.3 Å². The van der Waals surface area contributed by atoms with Crippen molar-refractivity contribution < 1.29 is 9.37 Å². The molecule has 8 nitrogen and oxygen atoms in total. The fraction of sp³-hybridized carbons (Fsp3) is 0.333. The van der Waals surface area contributed by atoms with E-state index in [-0.39, 0.29) is 0 Å². The van der Waals surface area contributed by atoms with Crippen LogP contribution in [0, 0.1) is 0 Å². The fourth-order valence-corrected chi connectivity index (χ4v) is 2.80. The lowest BCUT2D eigenvalue weighted by Gasteiger charge is -2.10. The maximum atomic E-state index is 5.93. The number of fused-ring (bicyclic) bond motifs is 1. The van der Waals surface area contributed by atoms with Gasteiger partial charge in [-0.15, -0.1) is 11.3 Å². The van der Waals surface area contributed by atoms with E-state index in [9.17, 15) is 0 Å². The molecule has 0 aliphatic rings. The van der Waals surface area contributed by atoms with Gasteiger partial charge in [-0.2, -0.15) is 0 Å². The third kappa shape index (κ3) is 3.43. The summed E-state index contributed by atoms with van der Waals surface area (Å²) < 4.78 is 10.4. The molecule has 22 heavy (non-hydrogen) atoms. The zero-order valence-corrected chi connectivity index (χ0v) is 13.2. The molecule has 0 bridgehead atoms. The molecule has 10 heteroatoms. The van der Waals surface area contributed by atoms with Crippen LogP contribution in [0.5, 0.6) is 0 Å². The van der Waals surface area contributed by atoms with Crippen LogP contribution >= 0.6 is 22.9 Å². The quantitative estimate of drug-likeness (QED) is 0.633. The molecule has 116 valence electrons. The maximum absolute atomic E-state index is 5.93. The maximum Gasteiger partial charge on any atom is 0.245 e. The van der Waals surface area contributed by atoms with Gasteiger partial charge in [0.15, 0.2) is 11.6 Å². The number of hydrogen-bond donors (Lipinski definition) is 2. The highest BCUT2D eigenvalue weighted by Gasteiger charge is 2.12. The van der Waals surface area contributed by atoms with E-state index in [2.05, 4.69) is 35.5 Å². The highest BCUT2D eigenvalue weighted by molar-refractivity contribution is 7.16. The Morgan fingerprint density at radius 1 is 1.18 bits per heavy atom. The first-order chi connectivity index (χ1) is 10.8. The summed E-state index contributed by atoms with van der Waals surface area (Å²) in [5.41, 5.74) is 0.702. The van der Waals surface area contributed by atoms with Crippen LogP contribution in [0.1, 0.15) is 4.88 Å². The topological polar surface area (TPSA) is 98.0 Å². The van der Waals surface area contributed by atoms with Gasteiger partial charge in [-0.25, -0.2) is 14.6 Å². The molecule has 3 rings (SSSR count). The normalized spacial score (nSPS) is 11.0. The van der Waals surface area contributed by atoms with Crippen molar-refractivity contribution in [1.82, 2.24) is 20.3 Å². The second kappa shape index (κ2) is 6.86. The summed E-state index contributed by atoms with van der Waals surface area (Å²) in [7, 11) is 1.64. The van der Waals surface area contributed by atoms with E-state index in [0.717, 1.165) is 9.21 Å². The van der Waals surface area contributed by atoms with E-state index in [1.807, 2.05) is 12.1 Å². The Morgan fingerprint density at radius 2 is 1.91 bits per heavy atom. The van der Waals surface area contributed by atoms with E-state index in [0.29, 0.717) is 42.6 Å². The summed E-state index contributed by atoms with van der Waals surface area (Å²) in [6.07, 6.45) is 0. The molecule has 0 spiro atoms. The molecular formula is C12H13ClN6O2S. The Hall–Kier alpha value is -1.97. The third-order valence-electron chi connectivity index (χ3n) is 2.77. The van der Waals surface area contributed by atoms with Crippen molar-refractivity contribution >= 4 is 45.9 Å².